The van der Waals surface area contributed by atoms with Crippen molar-refractivity contribution in [3.63, 3.8) is 0 Å². The van der Waals surface area contributed by atoms with E-state index < -0.39 is 11.8 Å². The summed E-state index contributed by atoms with van der Waals surface area (Å²) in [4.78, 5) is 56.7. The standard InChI is InChI=1S/C24H21ClN8O3/c25-16-12-27-24(28-13-16)33-10-8-32(9-11-33)22(36)15-6-4-14(5-7-15)21(35)31-23-29-18-3-1-2-17(20(26)34)19(18)30-23/h1-7,12-13H,8-11H2,(H2,26,34)(H2,29,30,31,35). The van der Waals surface area contributed by atoms with E-state index in [0.29, 0.717) is 59.3 Å². The molecule has 11 nitrogen and oxygen atoms in total. The number of rotatable bonds is 5. The first kappa shape index (κ1) is 23.2. The number of nitrogens with zero attached hydrogens (tertiary/aromatic N) is 5. The highest BCUT2D eigenvalue weighted by Crippen LogP contribution is 2.19. The maximum absolute atomic E-state index is 13.0. The first-order valence-corrected chi connectivity index (χ1v) is 11.5. The Morgan fingerprint density at radius 3 is 2.28 bits per heavy atom. The highest BCUT2D eigenvalue weighted by molar-refractivity contribution is 6.30. The number of anilines is 2. The quantitative estimate of drug-likeness (QED) is 0.377. The largest absolute Gasteiger partial charge is 0.366 e. The molecule has 36 heavy (non-hydrogen) atoms. The highest BCUT2D eigenvalue weighted by atomic mass is 35.5. The van der Waals surface area contributed by atoms with Crippen LogP contribution in [0.5, 0.6) is 0 Å². The van der Waals surface area contributed by atoms with Crippen molar-refractivity contribution < 1.29 is 14.4 Å². The van der Waals surface area contributed by atoms with Gasteiger partial charge in [0, 0.05) is 37.3 Å². The molecule has 1 aliphatic rings. The van der Waals surface area contributed by atoms with Gasteiger partial charge in [0.1, 0.15) is 5.52 Å². The van der Waals surface area contributed by atoms with Gasteiger partial charge < -0.3 is 20.5 Å². The number of fused-ring (bicyclic) bond motifs is 1. The van der Waals surface area contributed by atoms with Gasteiger partial charge in [-0.15, -0.1) is 0 Å². The number of carbonyl (C=O) groups excluding carboxylic acids is 3. The number of benzene rings is 2. The molecular weight excluding hydrogens is 484 g/mol. The fourth-order valence-corrected chi connectivity index (χ4v) is 4.09. The van der Waals surface area contributed by atoms with Gasteiger partial charge in [-0.2, -0.15) is 0 Å². The van der Waals surface area contributed by atoms with Crippen molar-refractivity contribution in [2.45, 2.75) is 0 Å². The summed E-state index contributed by atoms with van der Waals surface area (Å²) < 4.78 is 0. The van der Waals surface area contributed by atoms with Crippen LogP contribution in [0, 0.1) is 0 Å². The zero-order valence-corrected chi connectivity index (χ0v) is 19.7. The Kier molecular flexibility index (Phi) is 6.21. The molecule has 1 saturated heterocycles. The van der Waals surface area contributed by atoms with Crippen LogP contribution in [0.15, 0.2) is 54.9 Å². The van der Waals surface area contributed by atoms with Gasteiger partial charge in [-0.3, -0.25) is 19.7 Å². The van der Waals surface area contributed by atoms with E-state index in [2.05, 4.69) is 25.3 Å². The maximum atomic E-state index is 13.0. The molecule has 5 rings (SSSR count). The van der Waals surface area contributed by atoms with Crippen LogP contribution in [0.1, 0.15) is 31.1 Å². The predicted octanol–water partition coefficient (Wildman–Crippen LogP) is 2.32. The summed E-state index contributed by atoms with van der Waals surface area (Å²) in [6.45, 7) is 2.24. The number of aromatic nitrogens is 4. The molecule has 182 valence electrons. The number of hydrogen-bond donors (Lipinski definition) is 3. The van der Waals surface area contributed by atoms with Gasteiger partial charge in [-0.05, 0) is 36.4 Å². The van der Waals surface area contributed by atoms with E-state index in [9.17, 15) is 14.4 Å². The monoisotopic (exact) mass is 504 g/mol. The summed E-state index contributed by atoms with van der Waals surface area (Å²) in [5, 5.41) is 3.14. The molecular formula is C24H21ClN8O3. The summed E-state index contributed by atoms with van der Waals surface area (Å²) >= 11 is 5.85. The summed E-state index contributed by atoms with van der Waals surface area (Å²) in [6, 6.07) is 11.4. The lowest BCUT2D eigenvalue weighted by molar-refractivity contribution is 0.0745. The first-order valence-electron chi connectivity index (χ1n) is 11.1. The zero-order valence-electron chi connectivity index (χ0n) is 18.9. The predicted molar refractivity (Wildman–Crippen MR) is 134 cm³/mol. The first-order chi connectivity index (χ1) is 17.4. The SMILES string of the molecule is NC(=O)c1cccc2[nH]c(NC(=O)c3ccc(C(=O)N4CCN(c5ncc(Cl)cn5)CC4)cc3)nc12. The molecule has 0 aliphatic carbocycles. The number of hydrogen-bond acceptors (Lipinski definition) is 7. The average molecular weight is 505 g/mol. The molecule has 0 atom stereocenters. The highest BCUT2D eigenvalue weighted by Gasteiger charge is 2.24. The number of H-pyrrole nitrogens is 1. The molecule has 3 heterocycles. The van der Waals surface area contributed by atoms with Gasteiger partial charge in [0.15, 0.2) is 0 Å². The van der Waals surface area contributed by atoms with Crippen LogP contribution >= 0.6 is 11.6 Å². The number of amides is 3. The Labute approximate surface area is 210 Å². The third kappa shape index (κ3) is 4.68. The van der Waals surface area contributed by atoms with Crippen molar-refractivity contribution in [3.05, 3.63) is 76.6 Å². The van der Waals surface area contributed by atoms with Crippen molar-refractivity contribution in [2.24, 2.45) is 5.73 Å². The van der Waals surface area contributed by atoms with Gasteiger partial charge in [-0.25, -0.2) is 15.0 Å². The molecule has 0 spiro atoms. The lowest BCUT2D eigenvalue weighted by atomic mass is 10.1. The molecule has 0 bridgehead atoms. The van der Waals surface area contributed by atoms with Crippen molar-refractivity contribution >= 4 is 52.3 Å². The second-order valence-electron chi connectivity index (χ2n) is 8.16. The van der Waals surface area contributed by atoms with Crippen LogP contribution in [0.2, 0.25) is 5.02 Å². The Balaban J connectivity index is 1.21. The fourth-order valence-electron chi connectivity index (χ4n) is 3.99. The van der Waals surface area contributed by atoms with Gasteiger partial charge in [0.25, 0.3) is 17.7 Å². The molecule has 3 amide bonds. The lowest BCUT2D eigenvalue weighted by Gasteiger charge is -2.34. The Morgan fingerprint density at radius 1 is 0.944 bits per heavy atom. The number of carbonyl (C=O) groups is 3. The molecule has 1 fully saturated rings. The fraction of sp³-hybridized carbons (Fsp3) is 0.167. The second-order valence-corrected chi connectivity index (χ2v) is 8.60. The Hall–Kier alpha value is -4.51. The van der Waals surface area contributed by atoms with E-state index in [1.807, 2.05) is 4.90 Å². The van der Waals surface area contributed by atoms with Gasteiger partial charge in [0.2, 0.25) is 11.9 Å². The van der Waals surface area contributed by atoms with Gasteiger partial charge in [-0.1, -0.05) is 17.7 Å². The molecule has 2 aromatic carbocycles. The smallest absolute Gasteiger partial charge is 0.257 e. The number of nitrogens with two attached hydrogens (primary N) is 1. The van der Waals surface area contributed by atoms with Crippen LogP contribution in [0.4, 0.5) is 11.9 Å². The second kappa shape index (κ2) is 9.62. The summed E-state index contributed by atoms with van der Waals surface area (Å²) in [5.41, 5.74) is 7.44. The Bertz CT molecular complexity index is 1440. The van der Waals surface area contributed by atoms with Crippen LogP contribution in [-0.2, 0) is 0 Å². The number of primary amides is 1. The number of imidazole rings is 1. The molecule has 12 heteroatoms. The van der Waals surface area contributed by atoms with Crippen LogP contribution < -0.4 is 16.0 Å². The van der Waals surface area contributed by atoms with E-state index >= 15 is 0 Å². The minimum absolute atomic E-state index is 0.116. The Morgan fingerprint density at radius 2 is 1.61 bits per heavy atom. The summed E-state index contributed by atoms with van der Waals surface area (Å²) in [7, 11) is 0. The molecule has 0 saturated carbocycles. The number of halogens is 1. The summed E-state index contributed by atoms with van der Waals surface area (Å²) in [6.07, 6.45) is 3.09. The minimum atomic E-state index is -0.607. The van der Waals surface area contributed by atoms with Crippen LogP contribution in [0.3, 0.4) is 0 Å². The van der Waals surface area contributed by atoms with E-state index in [1.165, 1.54) is 0 Å². The third-order valence-electron chi connectivity index (χ3n) is 5.86. The number of aromatic amines is 1. The number of para-hydroxylation sites is 1. The van der Waals surface area contributed by atoms with Crippen molar-refractivity contribution in [1.29, 1.82) is 0 Å². The number of nitrogens with one attached hydrogen (secondary N) is 2. The van der Waals surface area contributed by atoms with E-state index in [-0.39, 0.29) is 17.4 Å². The molecule has 4 N–H and O–H groups in total. The van der Waals surface area contributed by atoms with Crippen molar-refractivity contribution in [1.82, 2.24) is 24.8 Å². The lowest BCUT2D eigenvalue weighted by Crippen LogP contribution is -2.49. The normalized spacial score (nSPS) is 13.6. The van der Waals surface area contributed by atoms with Crippen molar-refractivity contribution in [2.75, 3.05) is 36.4 Å². The molecule has 2 aromatic heterocycles. The maximum Gasteiger partial charge on any atom is 0.257 e. The van der Waals surface area contributed by atoms with Crippen LogP contribution in [-0.4, -0.2) is 68.7 Å². The molecule has 0 unspecified atom stereocenters. The molecule has 0 radical (unpaired) electrons. The van der Waals surface area contributed by atoms with E-state index in [4.69, 9.17) is 17.3 Å². The zero-order chi connectivity index (χ0) is 25.2. The van der Waals surface area contributed by atoms with E-state index in [1.54, 1.807) is 59.8 Å². The third-order valence-corrected chi connectivity index (χ3v) is 6.06. The van der Waals surface area contributed by atoms with Gasteiger partial charge >= 0.3 is 0 Å². The minimum Gasteiger partial charge on any atom is -0.366 e. The van der Waals surface area contributed by atoms with Gasteiger partial charge in [0.05, 0.1) is 28.5 Å². The topological polar surface area (TPSA) is 150 Å². The van der Waals surface area contributed by atoms with Crippen molar-refractivity contribution in [3.8, 4) is 0 Å². The van der Waals surface area contributed by atoms with E-state index in [0.717, 1.165) is 0 Å². The molecule has 4 aromatic rings. The average Bonchev–Trinajstić information content (AvgIpc) is 3.31. The van der Waals surface area contributed by atoms with Crippen LogP contribution in [0.25, 0.3) is 11.0 Å². The number of piperazine rings is 1. The molecule has 1 aliphatic heterocycles. The summed E-state index contributed by atoms with van der Waals surface area (Å²) in [5.74, 6) is -0.367.